The van der Waals surface area contributed by atoms with Gasteiger partial charge < -0.3 is 19.2 Å². The molecule has 20 heavy (non-hydrogen) atoms. The van der Waals surface area contributed by atoms with Crippen molar-refractivity contribution >= 4 is 0 Å². The fraction of sp³-hybridized carbons (Fsp3) is 0.267. The second-order valence-corrected chi connectivity index (χ2v) is 4.51. The van der Waals surface area contributed by atoms with Gasteiger partial charge in [-0.2, -0.15) is 5.26 Å². The molecule has 1 aromatic carbocycles. The monoisotopic (exact) mass is 270 g/mol. The Morgan fingerprint density at radius 3 is 2.85 bits per heavy atom. The van der Waals surface area contributed by atoms with E-state index in [1.165, 1.54) is 0 Å². The Morgan fingerprint density at radius 1 is 1.20 bits per heavy atom. The summed E-state index contributed by atoms with van der Waals surface area (Å²) in [4.78, 5) is 0. The summed E-state index contributed by atoms with van der Waals surface area (Å²) < 4.78 is 16.7. The minimum Gasteiger partial charge on any atom is -0.486 e. The van der Waals surface area contributed by atoms with E-state index >= 15 is 0 Å². The number of hydrogen-bond donors (Lipinski definition) is 1. The average Bonchev–Trinajstić information content (AvgIpc) is 2.95. The maximum absolute atomic E-state index is 8.67. The van der Waals surface area contributed by atoms with Gasteiger partial charge in [-0.25, -0.2) is 0 Å². The molecule has 1 atom stereocenters. The Labute approximate surface area is 116 Å². The predicted octanol–water partition coefficient (Wildman–Crippen LogP) is 2.08. The van der Waals surface area contributed by atoms with Crippen molar-refractivity contribution in [2.45, 2.75) is 12.6 Å². The zero-order chi connectivity index (χ0) is 13.8. The second-order valence-electron chi connectivity index (χ2n) is 4.51. The van der Waals surface area contributed by atoms with Crippen molar-refractivity contribution in [2.24, 2.45) is 0 Å². The van der Waals surface area contributed by atoms with Crippen LogP contribution in [-0.2, 0) is 6.54 Å². The van der Waals surface area contributed by atoms with E-state index < -0.39 is 0 Å². The number of nitrogens with zero attached hydrogens (tertiary/aromatic N) is 1. The molecule has 0 saturated carbocycles. The zero-order valence-corrected chi connectivity index (χ0v) is 10.8. The largest absolute Gasteiger partial charge is 0.486 e. The van der Waals surface area contributed by atoms with E-state index in [2.05, 4.69) is 5.32 Å². The van der Waals surface area contributed by atoms with Gasteiger partial charge in [0.15, 0.2) is 11.5 Å². The first-order chi connectivity index (χ1) is 9.85. The lowest BCUT2D eigenvalue weighted by Crippen LogP contribution is -2.38. The van der Waals surface area contributed by atoms with Crippen LogP contribution in [0.25, 0.3) is 0 Å². The molecule has 5 nitrogen and oxygen atoms in total. The molecular weight excluding hydrogens is 256 g/mol. The summed E-state index contributed by atoms with van der Waals surface area (Å²) in [5.41, 5.74) is 0. The van der Waals surface area contributed by atoms with Crippen molar-refractivity contribution in [3.05, 3.63) is 47.9 Å². The highest BCUT2D eigenvalue weighted by atomic mass is 16.6. The third kappa shape index (κ3) is 2.76. The third-order valence-electron chi connectivity index (χ3n) is 3.01. The summed E-state index contributed by atoms with van der Waals surface area (Å²) in [6.07, 6.45) is -0.0321. The molecular formula is C15H14N2O3. The molecule has 1 N–H and O–H groups in total. The molecule has 5 heteroatoms. The molecule has 0 aliphatic carbocycles. The van der Waals surface area contributed by atoms with Gasteiger partial charge in [0.25, 0.3) is 0 Å². The fourth-order valence-corrected chi connectivity index (χ4v) is 2.05. The van der Waals surface area contributed by atoms with Gasteiger partial charge in [0.1, 0.15) is 24.5 Å². The first-order valence-corrected chi connectivity index (χ1v) is 6.43. The Morgan fingerprint density at radius 2 is 2.05 bits per heavy atom. The van der Waals surface area contributed by atoms with E-state index in [9.17, 15) is 0 Å². The highest BCUT2D eigenvalue weighted by Crippen LogP contribution is 2.30. The summed E-state index contributed by atoms with van der Waals surface area (Å²) >= 11 is 0. The van der Waals surface area contributed by atoms with Crippen LogP contribution < -0.4 is 14.8 Å². The molecule has 0 fully saturated rings. The average molecular weight is 270 g/mol. The normalized spacial score (nSPS) is 16.6. The zero-order valence-electron chi connectivity index (χ0n) is 10.8. The van der Waals surface area contributed by atoms with Crippen molar-refractivity contribution in [3.8, 4) is 17.6 Å². The number of furan rings is 1. The van der Waals surface area contributed by atoms with Crippen LogP contribution in [0.5, 0.6) is 11.5 Å². The van der Waals surface area contributed by atoms with Gasteiger partial charge in [0, 0.05) is 6.54 Å². The van der Waals surface area contributed by atoms with Crippen molar-refractivity contribution in [1.82, 2.24) is 5.32 Å². The van der Waals surface area contributed by atoms with Crippen LogP contribution in [0.3, 0.4) is 0 Å². The molecule has 0 amide bonds. The summed E-state index contributed by atoms with van der Waals surface area (Å²) in [5, 5.41) is 11.9. The highest BCUT2D eigenvalue weighted by Gasteiger charge is 2.20. The number of ether oxygens (including phenoxy) is 2. The van der Waals surface area contributed by atoms with Crippen molar-refractivity contribution in [3.63, 3.8) is 0 Å². The van der Waals surface area contributed by atoms with Crippen molar-refractivity contribution < 1.29 is 13.9 Å². The third-order valence-corrected chi connectivity index (χ3v) is 3.01. The van der Waals surface area contributed by atoms with Crippen LogP contribution in [-0.4, -0.2) is 19.3 Å². The van der Waals surface area contributed by atoms with Crippen molar-refractivity contribution in [1.29, 1.82) is 5.26 Å². The summed E-state index contributed by atoms with van der Waals surface area (Å²) in [7, 11) is 0. The number of benzene rings is 1. The SMILES string of the molecule is N#Cc1ccc(CNCC2COc3ccccc3O2)o1. The Hall–Kier alpha value is -2.45. The minimum absolute atomic E-state index is 0.0321. The molecule has 1 aliphatic heterocycles. The topological polar surface area (TPSA) is 67.4 Å². The van der Waals surface area contributed by atoms with E-state index in [0.717, 1.165) is 17.3 Å². The first-order valence-electron chi connectivity index (χ1n) is 6.43. The maximum atomic E-state index is 8.67. The van der Waals surface area contributed by atoms with Gasteiger partial charge >= 0.3 is 0 Å². The van der Waals surface area contributed by atoms with Crippen LogP contribution in [0.1, 0.15) is 11.5 Å². The van der Waals surface area contributed by atoms with Crippen LogP contribution in [0.15, 0.2) is 40.8 Å². The highest BCUT2D eigenvalue weighted by molar-refractivity contribution is 5.40. The maximum Gasteiger partial charge on any atom is 0.203 e. The van der Waals surface area contributed by atoms with Gasteiger partial charge in [0.05, 0.1) is 6.54 Å². The molecule has 1 unspecified atom stereocenters. The standard InChI is InChI=1S/C15H14N2O3/c16-7-11-5-6-12(19-11)8-17-9-13-10-18-14-3-1-2-4-15(14)20-13/h1-6,13,17H,8-10H2. The van der Waals surface area contributed by atoms with E-state index in [4.69, 9.17) is 19.2 Å². The molecule has 3 rings (SSSR count). The van der Waals surface area contributed by atoms with Crippen LogP contribution in [0.2, 0.25) is 0 Å². The Bertz CT molecular complexity index is 630. The summed E-state index contributed by atoms with van der Waals surface area (Å²) in [5.74, 6) is 2.62. The minimum atomic E-state index is -0.0321. The van der Waals surface area contributed by atoms with Crippen LogP contribution >= 0.6 is 0 Å². The lowest BCUT2D eigenvalue weighted by molar-refractivity contribution is 0.0898. The smallest absolute Gasteiger partial charge is 0.203 e. The number of rotatable bonds is 4. The quantitative estimate of drug-likeness (QED) is 0.921. The number of fused-ring (bicyclic) bond motifs is 1. The van der Waals surface area contributed by atoms with Crippen LogP contribution in [0.4, 0.5) is 0 Å². The van der Waals surface area contributed by atoms with E-state index in [0.29, 0.717) is 25.5 Å². The Kier molecular flexibility index (Phi) is 3.57. The summed E-state index contributed by atoms with van der Waals surface area (Å²) in [6, 6.07) is 13.0. The number of nitrogens with one attached hydrogen (secondary N) is 1. The first kappa shape index (κ1) is 12.6. The summed E-state index contributed by atoms with van der Waals surface area (Å²) in [6.45, 7) is 1.73. The molecule has 0 spiro atoms. The molecule has 1 aliphatic rings. The molecule has 0 saturated heterocycles. The number of hydrogen-bond acceptors (Lipinski definition) is 5. The molecule has 0 radical (unpaired) electrons. The number of nitriles is 1. The van der Waals surface area contributed by atoms with Gasteiger partial charge in [-0.1, -0.05) is 12.1 Å². The van der Waals surface area contributed by atoms with Gasteiger partial charge in [0.2, 0.25) is 5.76 Å². The van der Waals surface area contributed by atoms with E-state index in [1.807, 2.05) is 30.3 Å². The van der Waals surface area contributed by atoms with Gasteiger partial charge in [-0.3, -0.25) is 0 Å². The lowest BCUT2D eigenvalue weighted by atomic mass is 10.2. The molecule has 2 heterocycles. The predicted molar refractivity (Wildman–Crippen MR) is 71.5 cm³/mol. The van der Waals surface area contributed by atoms with Gasteiger partial charge in [-0.15, -0.1) is 0 Å². The second kappa shape index (κ2) is 5.68. The van der Waals surface area contributed by atoms with Crippen LogP contribution in [0, 0.1) is 11.3 Å². The van der Waals surface area contributed by atoms with Crippen molar-refractivity contribution in [2.75, 3.05) is 13.2 Å². The Balaban J connectivity index is 1.49. The fourth-order valence-electron chi connectivity index (χ4n) is 2.05. The lowest BCUT2D eigenvalue weighted by Gasteiger charge is -2.26. The molecule has 0 bridgehead atoms. The molecule has 2 aromatic rings. The van der Waals surface area contributed by atoms with E-state index in [-0.39, 0.29) is 6.10 Å². The molecule has 1 aromatic heterocycles. The van der Waals surface area contributed by atoms with Gasteiger partial charge in [-0.05, 0) is 24.3 Å². The van der Waals surface area contributed by atoms with E-state index in [1.54, 1.807) is 12.1 Å². The molecule has 102 valence electrons. The number of para-hydroxylation sites is 2.